The van der Waals surface area contributed by atoms with Crippen LogP contribution in [0.3, 0.4) is 0 Å². The van der Waals surface area contributed by atoms with E-state index in [1.807, 2.05) is 71.3 Å². The second kappa shape index (κ2) is 8.90. The predicted octanol–water partition coefficient (Wildman–Crippen LogP) is 4.76. The largest absolute Gasteiger partial charge is 0.326 e. The van der Waals surface area contributed by atoms with Crippen LogP contribution in [0, 0.1) is 0 Å². The van der Waals surface area contributed by atoms with Crippen molar-refractivity contribution in [1.29, 1.82) is 0 Å². The molecule has 2 heterocycles. The highest BCUT2D eigenvalue weighted by Crippen LogP contribution is 2.36. The number of para-hydroxylation sites is 3. The second-order valence-electron chi connectivity index (χ2n) is 8.27. The van der Waals surface area contributed by atoms with E-state index in [1.165, 1.54) is 0 Å². The molecule has 1 aromatic heterocycles. The van der Waals surface area contributed by atoms with Crippen molar-refractivity contribution in [2.24, 2.45) is 0 Å². The number of fused-ring (bicyclic) bond motifs is 3. The van der Waals surface area contributed by atoms with Gasteiger partial charge in [0, 0.05) is 12.2 Å². The van der Waals surface area contributed by atoms with Gasteiger partial charge >= 0.3 is 0 Å². The molecule has 2 amide bonds. The van der Waals surface area contributed by atoms with E-state index in [9.17, 15) is 9.59 Å². The Morgan fingerprint density at radius 1 is 0.970 bits per heavy atom. The van der Waals surface area contributed by atoms with Crippen molar-refractivity contribution in [3.8, 4) is 0 Å². The molecule has 0 saturated heterocycles. The first-order chi connectivity index (χ1) is 16.2. The van der Waals surface area contributed by atoms with Crippen LogP contribution in [0.25, 0.3) is 11.0 Å². The van der Waals surface area contributed by atoms with E-state index in [2.05, 4.69) is 24.4 Å². The Bertz CT molecular complexity index is 1310. The summed E-state index contributed by atoms with van der Waals surface area (Å²) in [6, 6.07) is 25.0. The summed E-state index contributed by atoms with van der Waals surface area (Å²) in [7, 11) is 0. The smallest absolute Gasteiger partial charge is 0.253 e. The number of nitrogens with zero attached hydrogens (tertiary/aromatic N) is 3. The van der Waals surface area contributed by atoms with Gasteiger partial charge < -0.3 is 5.32 Å². The van der Waals surface area contributed by atoms with Crippen LogP contribution in [-0.4, -0.2) is 27.9 Å². The zero-order valence-corrected chi connectivity index (χ0v) is 18.6. The molecule has 1 aliphatic heterocycles. The van der Waals surface area contributed by atoms with Gasteiger partial charge in [-0.1, -0.05) is 67.6 Å². The van der Waals surface area contributed by atoms with E-state index in [0.717, 1.165) is 40.7 Å². The molecular formula is C27H26N4O2. The predicted molar refractivity (Wildman–Crippen MR) is 130 cm³/mol. The monoisotopic (exact) mass is 438 g/mol. The quantitative estimate of drug-likeness (QED) is 0.452. The average molecular weight is 439 g/mol. The summed E-state index contributed by atoms with van der Waals surface area (Å²) in [5.41, 5.74) is 4.72. The highest BCUT2D eigenvalue weighted by Gasteiger charge is 2.40. The second-order valence-corrected chi connectivity index (χ2v) is 8.27. The highest BCUT2D eigenvalue weighted by molar-refractivity contribution is 6.05. The molecule has 1 N–H and O–H groups in total. The van der Waals surface area contributed by atoms with Gasteiger partial charge in [-0.25, -0.2) is 4.98 Å². The third-order valence-corrected chi connectivity index (χ3v) is 6.20. The molecule has 5 rings (SSSR count). The number of benzene rings is 3. The molecule has 3 aromatic carbocycles. The van der Waals surface area contributed by atoms with E-state index in [4.69, 9.17) is 4.98 Å². The topological polar surface area (TPSA) is 67.2 Å². The number of rotatable bonds is 7. The lowest BCUT2D eigenvalue weighted by Crippen LogP contribution is -2.33. The van der Waals surface area contributed by atoms with Gasteiger partial charge in [-0.05, 0) is 42.2 Å². The lowest BCUT2D eigenvalue weighted by atomic mass is 10.1. The summed E-state index contributed by atoms with van der Waals surface area (Å²) in [5.74, 6) is 0.352. The minimum Gasteiger partial charge on any atom is -0.326 e. The minimum atomic E-state index is -0.614. The van der Waals surface area contributed by atoms with Crippen LogP contribution in [0.5, 0.6) is 0 Å². The molecule has 33 heavy (non-hydrogen) atoms. The van der Waals surface area contributed by atoms with Crippen molar-refractivity contribution < 1.29 is 9.59 Å². The number of carbonyl (C=O) groups excluding carboxylic acids is 2. The van der Waals surface area contributed by atoms with Crippen molar-refractivity contribution in [2.45, 2.75) is 32.2 Å². The SMILES string of the molecule is CCc1ccccc1NC(=O)C[C@H]1C(=O)N(CCc2ccccc2)c2nc3ccccc3n21. The molecule has 1 aliphatic rings. The van der Waals surface area contributed by atoms with Crippen LogP contribution in [0.15, 0.2) is 78.9 Å². The average Bonchev–Trinajstić information content (AvgIpc) is 3.33. The number of carbonyl (C=O) groups is 2. The maximum atomic E-state index is 13.5. The third kappa shape index (κ3) is 4.00. The molecule has 166 valence electrons. The third-order valence-electron chi connectivity index (χ3n) is 6.20. The molecule has 0 fully saturated rings. The molecule has 0 bridgehead atoms. The maximum absolute atomic E-state index is 13.5. The van der Waals surface area contributed by atoms with Crippen LogP contribution in [0.4, 0.5) is 11.6 Å². The number of hydrogen-bond acceptors (Lipinski definition) is 3. The van der Waals surface area contributed by atoms with Gasteiger partial charge in [0.2, 0.25) is 11.9 Å². The number of anilines is 2. The van der Waals surface area contributed by atoms with E-state index in [1.54, 1.807) is 4.90 Å². The van der Waals surface area contributed by atoms with Crippen molar-refractivity contribution in [3.05, 3.63) is 90.0 Å². The Balaban J connectivity index is 1.42. The maximum Gasteiger partial charge on any atom is 0.253 e. The number of imidazole rings is 1. The Kier molecular flexibility index (Phi) is 5.65. The fraction of sp³-hybridized carbons (Fsp3) is 0.222. The van der Waals surface area contributed by atoms with Gasteiger partial charge in [0.15, 0.2) is 0 Å². The molecule has 0 unspecified atom stereocenters. The number of amides is 2. The molecule has 0 spiro atoms. The Hall–Kier alpha value is -3.93. The summed E-state index contributed by atoms with van der Waals surface area (Å²) in [6.45, 7) is 2.57. The number of aromatic nitrogens is 2. The summed E-state index contributed by atoms with van der Waals surface area (Å²) in [4.78, 5) is 33.0. The molecule has 6 heteroatoms. The van der Waals surface area contributed by atoms with E-state index >= 15 is 0 Å². The fourth-order valence-corrected chi connectivity index (χ4v) is 4.52. The van der Waals surface area contributed by atoms with Gasteiger partial charge in [0.25, 0.3) is 5.91 Å². The fourth-order valence-electron chi connectivity index (χ4n) is 4.52. The zero-order chi connectivity index (χ0) is 22.8. The van der Waals surface area contributed by atoms with Crippen molar-refractivity contribution >= 4 is 34.5 Å². The van der Waals surface area contributed by atoms with Crippen LogP contribution in [-0.2, 0) is 22.4 Å². The molecule has 0 saturated carbocycles. The molecule has 6 nitrogen and oxygen atoms in total. The van der Waals surface area contributed by atoms with E-state index in [0.29, 0.717) is 12.5 Å². The molecule has 1 atom stereocenters. The van der Waals surface area contributed by atoms with Crippen LogP contribution in [0.1, 0.15) is 30.5 Å². The summed E-state index contributed by atoms with van der Waals surface area (Å²) in [6.07, 6.45) is 1.60. The highest BCUT2D eigenvalue weighted by atomic mass is 16.2. The van der Waals surface area contributed by atoms with E-state index in [-0.39, 0.29) is 18.2 Å². The Labute approximate surface area is 192 Å². The zero-order valence-electron chi connectivity index (χ0n) is 18.6. The number of hydrogen-bond donors (Lipinski definition) is 1. The van der Waals surface area contributed by atoms with Crippen molar-refractivity contribution in [2.75, 3.05) is 16.8 Å². The molecule has 0 aliphatic carbocycles. The van der Waals surface area contributed by atoms with Gasteiger partial charge in [0.05, 0.1) is 17.5 Å². The molecular weight excluding hydrogens is 412 g/mol. The van der Waals surface area contributed by atoms with Crippen molar-refractivity contribution in [1.82, 2.24) is 9.55 Å². The molecule has 4 aromatic rings. The Morgan fingerprint density at radius 2 is 1.70 bits per heavy atom. The van der Waals surface area contributed by atoms with Crippen LogP contribution in [0.2, 0.25) is 0 Å². The van der Waals surface area contributed by atoms with Crippen molar-refractivity contribution in [3.63, 3.8) is 0 Å². The summed E-state index contributed by atoms with van der Waals surface area (Å²) in [5, 5.41) is 3.01. The number of aryl methyl sites for hydroxylation is 1. The van der Waals surface area contributed by atoms with E-state index < -0.39 is 6.04 Å². The van der Waals surface area contributed by atoms with Gasteiger partial charge in [-0.3, -0.25) is 19.1 Å². The summed E-state index contributed by atoms with van der Waals surface area (Å²) >= 11 is 0. The van der Waals surface area contributed by atoms with Gasteiger partial charge in [-0.2, -0.15) is 0 Å². The minimum absolute atomic E-state index is 0.0616. The first kappa shape index (κ1) is 20.9. The number of nitrogens with one attached hydrogen (secondary N) is 1. The normalized spacial score (nSPS) is 15.1. The van der Waals surface area contributed by atoms with Crippen LogP contribution < -0.4 is 10.2 Å². The Morgan fingerprint density at radius 3 is 2.52 bits per heavy atom. The molecule has 0 radical (unpaired) electrons. The lowest BCUT2D eigenvalue weighted by Gasteiger charge is -2.16. The first-order valence-corrected chi connectivity index (χ1v) is 11.4. The summed E-state index contributed by atoms with van der Waals surface area (Å²) < 4.78 is 1.92. The van der Waals surface area contributed by atoms with Crippen LogP contribution >= 0.6 is 0 Å². The first-order valence-electron chi connectivity index (χ1n) is 11.4. The van der Waals surface area contributed by atoms with Gasteiger partial charge in [0.1, 0.15) is 6.04 Å². The van der Waals surface area contributed by atoms with Gasteiger partial charge in [-0.15, -0.1) is 0 Å². The lowest BCUT2D eigenvalue weighted by molar-refractivity contribution is -0.124. The standard InChI is InChI=1S/C27H26N4O2/c1-2-20-12-6-7-13-21(20)28-25(32)18-24-26(33)30(17-16-19-10-4-3-5-11-19)27-29-22-14-8-9-15-23(22)31(24)27/h3-15,24H,2,16-18H2,1H3,(H,28,32)/t24-/m0/s1.